The van der Waals surface area contributed by atoms with Crippen molar-refractivity contribution in [2.24, 2.45) is 0 Å². The third-order valence-electron chi connectivity index (χ3n) is 12.6. The average molecular weight is 974 g/mol. The predicted molar refractivity (Wildman–Crippen MR) is 291 cm³/mol. The molecular formula is C64H69KN2O2S. The largest absolute Gasteiger partial charge is 1.00 e. The van der Waals surface area contributed by atoms with Crippen molar-refractivity contribution in [3.63, 3.8) is 0 Å². The van der Waals surface area contributed by atoms with Crippen LogP contribution in [0, 0.1) is 0 Å². The molecule has 10 rings (SSSR count). The number of nitrogens with zero attached hydrogens (tertiary/aromatic N) is 2. The standard InChI is InChI=1S/2C29H27N.C4H9O.C2H6OS.K/c2*1-3-7-22(8-4-1)23-11-13-24(14-12-23)25-15-17-26(18-16-25)28-19-20-30-29(21-28)27-9-5-2-6-10-27;1-4(2,3)5;1-4(2)3;/h2*1-10,15-21,23-24H,11-14H2;1-3H3;1-2H3;/q;;-1;;+1/i23D,24D;;;1D3;. The Hall–Kier alpha value is -4.63. The molecule has 1 unspecified atom stereocenters. The van der Waals surface area contributed by atoms with Crippen LogP contribution >= 0.6 is 0 Å². The van der Waals surface area contributed by atoms with E-state index in [1.165, 1.54) is 47.9 Å². The number of pyridine rings is 2. The predicted octanol–water partition coefficient (Wildman–Crippen LogP) is 12.9. The number of hydrogen-bond acceptors (Lipinski definition) is 4. The molecule has 6 heteroatoms. The van der Waals surface area contributed by atoms with Gasteiger partial charge >= 0.3 is 51.4 Å². The van der Waals surface area contributed by atoms with Gasteiger partial charge in [0, 0.05) is 53.6 Å². The number of benzene rings is 6. The van der Waals surface area contributed by atoms with E-state index in [0.29, 0.717) is 31.6 Å². The Morgan fingerprint density at radius 2 is 0.757 bits per heavy atom. The van der Waals surface area contributed by atoms with E-state index in [9.17, 15) is 9.32 Å². The second-order valence-corrected chi connectivity index (χ2v) is 19.8. The van der Waals surface area contributed by atoms with Crippen LogP contribution in [0.5, 0.6) is 0 Å². The van der Waals surface area contributed by atoms with Gasteiger partial charge in [-0.1, -0.05) is 191 Å². The van der Waals surface area contributed by atoms with Crippen LogP contribution in [0.15, 0.2) is 207 Å². The summed E-state index contributed by atoms with van der Waals surface area (Å²) in [6.45, 7) is 4.90. The normalized spacial score (nSPS) is 21.2. The van der Waals surface area contributed by atoms with Crippen molar-refractivity contribution in [3.05, 3.63) is 229 Å². The third kappa shape index (κ3) is 17.3. The summed E-state index contributed by atoms with van der Waals surface area (Å²) in [4.78, 5) is 9.09. The monoisotopic (exact) mass is 974 g/mol. The maximum absolute atomic E-state index is 10.1. The van der Waals surface area contributed by atoms with Gasteiger partial charge in [-0.3, -0.25) is 14.2 Å². The minimum Gasteiger partial charge on any atom is -0.850 e. The SMILES string of the molecule is CC(C)(C)[O-].[2H]C([2H])([2H])S(C)=O.[2H]C1(c2ccccc2)CCC([2H])(c2ccc(-c3ccnc(-c4ccccc4)c3)cc2)CC1.[K+].c1ccc(-c2cc(-c3ccc(C4CCC(c5ccccc5)CC4)cc3)ccn2)cc1. The molecule has 354 valence electrons. The van der Waals surface area contributed by atoms with Gasteiger partial charge in [-0.25, -0.2) is 0 Å². The molecule has 1 atom stereocenters. The molecule has 2 aliphatic carbocycles. The van der Waals surface area contributed by atoms with Gasteiger partial charge in [-0.05, 0) is 144 Å². The van der Waals surface area contributed by atoms with Crippen molar-refractivity contribution >= 4 is 10.8 Å². The fraction of sp³-hybridized carbons (Fsp3) is 0.281. The molecule has 8 aromatic rings. The Morgan fingerprint density at radius 3 is 1.11 bits per heavy atom. The first-order valence-electron chi connectivity index (χ1n) is 26.8. The van der Waals surface area contributed by atoms with E-state index in [-0.39, 0.29) is 51.4 Å². The van der Waals surface area contributed by atoms with Gasteiger partial charge < -0.3 is 5.11 Å². The smallest absolute Gasteiger partial charge is 0.850 e. The molecule has 2 aliphatic rings. The Morgan fingerprint density at radius 1 is 0.457 bits per heavy atom. The molecule has 70 heavy (non-hydrogen) atoms. The molecule has 0 spiro atoms. The fourth-order valence-electron chi connectivity index (χ4n) is 9.19. The van der Waals surface area contributed by atoms with Crippen LogP contribution < -0.4 is 56.5 Å². The molecule has 0 aliphatic heterocycles. The van der Waals surface area contributed by atoms with Crippen molar-refractivity contribution in [1.29, 1.82) is 0 Å². The zero-order chi connectivity index (χ0) is 52.8. The van der Waals surface area contributed by atoms with E-state index in [1.807, 2.05) is 60.9 Å². The van der Waals surface area contributed by atoms with E-state index in [4.69, 9.17) is 6.85 Å². The van der Waals surface area contributed by atoms with Crippen molar-refractivity contribution in [3.8, 4) is 44.8 Å². The third-order valence-corrected chi connectivity index (χ3v) is 12.6. The summed E-state index contributed by atoms with van der Waals surface area (Å²) in [5.41, 5.74) is 13.4. The van der Waals surface area contributed by atoms with Gasteiger partial charge in [-0.15, -0.1) is 5.60 Å². The summed E-state index contributed by atoms with van der Waals surface area (Å²) in [6.07, 6.45) is 10.6. The Kier molecular flexibility index (Phi) is 19.0. The molecule has 2 saturated carbocycles. The fourth-order valence-corrected chi connectivity index (χ4v) is 9.19. The molecule has 0 radical (unpaired) electrons. The summed E-state index contributed by atoms with van der Waals surface area (Å²) in [6, 6.07) is 67.9. The second-order valence-electron chi connectivity index (χ2n) is 18.9. The Bertz CT molecular complexity index is 2970. The molecular weight excluding hydrogens is 900 g/mol. The molecule has 6 aromatic carbocycles. The summed E-state index contributed by atoms with van der Waals surface area (Å²) in [5, 5.41) is 10.1. The number of hydrogen-bond donors (Lipinski definition) is 0. The van der Waals surface area contributed by atoms with Gasteiger partial charge in [-0.2, -0.15) is 0 Å². The minimum absolute atomic E-state index is 0. The molecule has 2 aromatic heterocycles. The van der Waals surface area contributed by atoms with Crippen LogP contribution in [0.3, 0.4) is 0 Å². The summed E-state index contributed by atoms with van der Waals surface area (Å²) >= 11 is 0. The maximum Gasteiger partial charge on any atom is 1.00 e. The van der Waals surface area contributed by atoms with Gasteiger partial charge in [0.1, 0.15) is 0 Å². The first kappa shape index (κ1) is 47.7. The molecule has 0 amide bonds. The summed E-state index contributed by atoms with van der Waals surface area (Å²) in [7, 11) is -1.68. The van der Waals surface area contributed by atoms with Crippen LogP contribution in [0.25, 0.3) is 44.8 Å². The molecule has 2 heterocycles. The molecule has 0 bridgehead atoms. The van der Waals surface area contributed by atoms with Gasteiger partial charge in [0.2, 0.25) is 0 Å². The molecule has 4 nitrogen and oxygen atoms in total. The van der Waals surface area contributed by atoms with Crippen molar-refractivity contribution in [2.75, 3.05) is 12.4 Å². The summed E-state index contributed by atoms with van der Waals surface area (Å²) < 4.78 is 47.4. The Labute approximate surface area is 471 Å². The zero-order valence-electron chi connectivity index (χ0n) is 46.6. The van der Waals surface area contributed by atoms with Crippen molar-refractivity contribution in [2.45, 2.75) is 101 Å². The van der Waals surface area contributed by atoms with Crippen LogP contribution in [0.2, 0.25) is 0 Å². The average Bonchev–Trinajstić information content (AvgIpc) is 3.43. The van der Waals surface area contributed by atoms with Crippen LogP contribution in [0.4, 0.5) is 0 Å². The van der Waals surface area contributed by atoms with E-state index < -0.39 is 34.4 Å². The van der Waals surface area contributed by atoms with Gasteiger partial charge in [0.25, 0.3) is 0 Å². The number of rotatable bonds is 8. The van der Waals surface area contributed by atoms with Gasteiger partial charge in [0.15, 0.2) is 0 Å². The van der Waals surface area contributed by atoms with E-state index >= 15 is 0 Å². The van der Waals surface area contributed by atoms with E-state index in [0.717, 1.165) is 56.9 Å². The van der Waals surface area contributed by atoms with Crippen LogP contribution in [-0.2, 0) is 10.8 Å². The summed E-state index contributed by atoms with van der Waals surface area (Å²) in [5.74, 6) is 0.230. The van der Waals surface area contributed by atoms with E-state index in [2.05, 4.69) is 156 Å². The maximum atomic E-state index is 10.1. The van der Waals surface area contributed by atoms with Crippen molar-refractivity contribution < 1.29 is 67.6 Å². The molecule has 0 saturated heterocycles. The number of aromatic nitrogens is 2. The quantitative estimate of drug-likeness (QED) is 0.142. The molecule has 0 N–H and O–H groups in total. The van der Waals surface area contributed by atoms with Crippen molar-refractivity contribution in [1.82, 2.24) is 9.97 Å². The zero-order valence-corrected chi connectivity index (χ0v) is 45.5. The topological polar surface area (TPSA) is 65.9 Å². The molecule has 2 fully saturated rings. The van der Waals surface area contributed by atoms with Gasteiger partial charge in [0.05, 0.1) is 11.4 Å². The first-order chi connectivity index (χ1) is 35.4. The minimum atomic E-state index is -2.28. The van der Waals surface area contributed by atoms with Crippen LogP contribution in [0.1, 0.15) is 125 Å². The second kappa shape index (κ2) is 27.8. The van der Waals surface area contributed by atoms with E-state index in [1.54, 1.807) is 20.8 Å². The first-order valence-corrected chi connectivity index (χ1v) is 25.8. The van der Waals surface area contributed by atoms with Crippen LogP contribution in [-0.4, -0.2) is 32.2 Å². The Balaban J connectivity index is 0.000000199.